The molecule has 6 aliphatic heterocycles. The Morgan fingerprint density at radius 3 is 2.41 bits per heavy atom. The van der Waals surface area contributed by atoms with E-state index < -0.39 is 6.04 Å². The number of likely N-dealkylation sites (N-methyl/N-ethyl adjacent to an activating group) is 1. The predicted molar refractivity (Wildman–Crippen MR) is 181 cm³/mol. The van der Waals surface area contributed by atoms with Gasteiger partial charge in [0.05, 0.1) is 19.8 Å². The number of likely N-dealkylation sites (tertiary alicyclic amines) is 1. The van der Waals surface area contributed by atoms with E-state index in [0.717, 1.165) is 78.5 Å². The zero-order valence-corrected chi connectivity index (χ0v) is 28.2. The van der Waals surface area contributed by atoms with E-state index in [1.807, 2.05) is 30.6 Å². The number of hydrogen-bond donors (Lipinski definition) is 2. The first kappa shape index (κ1) is 31.4. The standard InChI is InChI=1S/C37H42N6O6/c1-40-18-27(25-8-11-38-33(25)36(40)47)23-14-30(48-2)28(31(15-23)49-3)19-41-12-9-37(10-13-41)20-42(21-37)24-5-4-22-17-43(35(46)26(22)16-24)29-6-7-32(44)39-34(29)45/h4-5,8,11,14-16,18,25,29,33,38H,6-7,9-10,12-13,17,19-21H2,1-3H3,(H,39,44,45). The maximum Gasteiger partial charge on any atom is 0.255 e. The number of benzene rings is 2. The largest absolute Gasteiger partial charge is 0.496 e. The van der Waals surface area contributed by atoms with Crippen LogP contribution in [0.3, 0.4) is 0 Å². The van der Waals surface area contributed by atoms with Crippen molar-refractivity contribution in [1.82, 2.24) is 25.3 Å². The summed E-state index contributed by atoms with van der Waals surface area (Å²) in [5, 5.41) is 5.57. The zero-order chi connectivity index (χ0) is 34.0. The van der Waals surface area contributed by atoms with E-state index in [0.29, 0.717) is 25.1 Å². The first-order valence-corrected chi connectivity index (χ1v) is 17.1. The second kappa shape index (κ2) is 11.9. The van der Waals surface area contributed by atoms with Crippen LogP contribution in [-0.2, 0) is 27.5 Å². The number of anilines is 1. The van der Waals surface area contributed by atoms with Crippen molar-refractivity contribution in [2.45, 2.75) is 50.9 Å². The molecule has 3 atom stereocenters. The topological polar surface area (TPSA) is 124 Å². The van der Waals surface area contributed by atoms with Crippen molar-refractivity contribution < 1.29 is 28.7 Å². The van der Waals surface area contributed by atoms with Gasteiger partial charge in [0, 0.05) is 68.4 Å². The lowest BCUT2D eigenvalue weighted by Gasteiger charge is -2.55. The van der Waals surface area contributed by atoms with Crippen LogP contribution in [0, 0.1) is 11.3 Å². The Labute approximate surface area is 285 Å². The maximum absolute atomic E-state index is 13.3. The molecule has 12 nitrogen and oxygen atoms in total. The Morgan fingerprint density at radius 1 is 0.980 bits per heavy atom. The van der Waals surface area contributed by atoms with Gasteiger partial charge in [-0.05, 0) is 79.5 Å². The molecule has 0 aromatic heterocycles. The fraction of sp³-hybridized carbons (Fsp3) is 0.459. The summed E-state index contributed by atoms with van der Waals surface area (Å²) >= 11 is 0. The molecule has 6 aliphatic rings. The minimum atomic E-state index is -0.603. The minimum Gasteiger partial charge on any atom is -0.496 e. The molecule has 2 aromatic rings. The van der Waals surface area contributed by atoms with Crippen molar-refractivity contribution in [2.75, 3.05) is 52.3 Å². The third-order valence-electron chi connectivity index (χ3n) is 11.4. The first-order valence-electron chi connectivity index (χ1n) is 17.1. The molecule has 0 radical (unpaired) electrons. The van der Waals surface area contributed by atoms with Crippen LogP contribution in [0.15, 0.2) is 48.8 Å². The van der Waals surface area contributed by atoms with E-state index in [-0.39, 0.29) is 47.4 Å². The molecule has 2 aromatic carbocycles. The van der Waals surface area contributed by atoms with Gasteiger partial charge in [-0.3, -0.25) is 29.4 Å². The number of carbonyl (C=O) groups excluding carboxylic acids is 4. The fourth-order valence-electron chi connectivity index (χ4n) is 8.55. The summed E-state index contributed by atoms with van der Waals surface area (Å²) in [6.07, 6.45) is 8.59. The van der Waals surface area contributed by atoms with Crippen LogP contribution in [0.5, 0.6) is 11.5 Å². The number of imide groups is 1. The number of nitrogens with one attached hydrogen (secondary N) is 2. The van der Waals surface area contributed by atoms with Crippen LogP contribution in [-0.4, -0.2) is 97.9 Å². The van der Waals surface area contributed by atoms with Crippen LogP contribution in [0.2, 0.25) is 0 Å². The molecule has 3 saturated heterocycles. The molecule has 1 spiro atoms. The molecular weight excluding hydrogens is 624 g/mol. The van der Waals surface area contributed by atoms with Gasteiger partial charge in [0.15, 0.2) is 0 Å². The molecule has 256 valence electrons. The quantitative estimate of drug-likeness (QED) is 0.429. The van der Waals surface area contributed by atoms with Gasteiger partial charge in [-0.25, -0.2) is 0 Å². The van der Waals surface area contributed by atoms with Crippen LogP contribution in [0.25, 0.3) is 5.57 Å². The molecule has 12 heteroatoms. The normalized spacial score (nSPS) is 25.9. The molecule has 6 heterocycles. The van der Waals surface area contributed by atoms with Crippen molar-refractivity contribution in [3.05, 3.63) is 71.1 Å². The van der Waals surface area contributed by atoms with Gasteiger partial charge in [-0.15, -0.1) is 0 Å². The average molecular weight is 667 g/mol. The number of hydrogen-bond acceptors (Lipinski definition) is 9. The van der Waals surface area contributed by atoms with E-state index in [1.54, 1.807) is 31.1 Å². The van der Waals surface area contributed by atoms with Gasteiger partial charge in [0.2, 0.25) is 17.7 Å². The van der Waals surface area contributed by atoms with Crippen LogP contribution >= 0.6 is 0 Å². The lowest BCUT2D eigenvalue weighted by atomic mass is 9.71. The van der Waals surface area contributed by atoms with Crippen LogP contribution in [0.4, 0.5) is 5.69 Å². The Balaban J connectivity index is 0.908. The second-order valence-electron chi connectivity index (χ2n) is 14.3. The summed E-state index contributed by atoms with van der Waals surface area (Å²) in [6, 6.07) is 9.31. The zero-order valence-electron chi connectivity index (χ0n) is 28.2. The van der Waals surface area contributed by atoms with Gasteiger partial charge < -0.3 is 29.5 Å². The Kier molecular flexibility index (Phi) is 7.66. The first-order chi connectivity index (χ1) is 23.7. The third kappa shape index (κ3) is 5.33. The summed E-state index contributed by atoms with van der Waals surface area (Å²) < 4.78 is 11.9. The van der Waals surface area contributed by atoms with Crippen molar-refractivity contribution in [3.63, 3.8) is 0 Å². The van der Waals surface area contributed by atoms with Crippen molar-refractivity contribution in [2.24, 2.45) is 11.3 Å². The van der Waals surface area contributed by atoms with Gasteiger partial charge in [0.25, 0.3) is 5.91 Å². The molecule has 3 fully saturated rings. The molecule has 49 heavy (non-hydrogen) atoms. The van der Waals surface area contributed by atoms with Gasteiger partial charge >= 0.3 is 0 Å². The van der Waals surface area contributed by atoms with Gasteiger partial charge in [-0.1, -0.05) is 12.1 Å². The van der Waals surface area contributed by atoms with Crippen LogP contribution in [0.1, 0.15) is 52.7 Å². The molecular formula is C37H42N6O6. The summed E-state index contributed by atoms with van der Waals surface area (Å²) in [4.78, 5) is 58.2. The van der Waals surface area contributed by atoms with E-state index in [9.17, 15) is 19.2 Å². The number of piperidine rings is 2. The molecule has 0 bridgehead atoms. The highest BCUT2D eigenvalue weighted by atomic mass is 16.5. The van der Waals surface area contributed by atoms with Gasteiger partial charge in [-0.2, -0.15) is 0 Å². The molecule has 8 rings (SSSR count). The number of fused-ring (bicyclic) bond motifs is 2. The second-order valence-corrected chi connectivity index (χ2v) is 14.3. The number of rotatable bonds is 7. The Morgan fingerprint density at radius 2 is 1.71 bits per heavy atom. The number of amides is 4. The van der Waals surface area contributed by atoms with Crippen LogP contribution < -0.4 is 25.0 Å². The minimum absolute atomic E-state index is 0.0471. The summed E-state index contributed by atoms with van der Waals surface area (Å²) in [7, 11) is 5.18. The molecule has 0 saturated carbocycles. The number of methoxy groups -OCH3 is 2. The van der Waals surface area contributed by atoms with E-state index in [1.165, 1.54) is 0 Å². The number of ether oxygens (including phenoxy) is 2. The SMILES string of the molecule is COc1cc(C2=CN(C)C(=O)C3NC=CC23)cc(OC)c1CN1CCC2(CC1)CN(c1ccc3c(c1)C(=O)N(C1CCC(=O)NC1=O)C3)C2. The molecule has 0 aliphatic carbocycles. The lowest BCUT2D eigenvalue weighted by Crippen LogP contribution is -2.60. The summed E-state index contributed by atoms with van der Waals surface area (Å²) in [6.45, 7) is 4.93. The Bertz CT molecular complexity index is 1780. The fourth-order valence-corrected chi connectivity index (χ4v) is 8.55. The smallest absolute Gasteiger partial charge is 0.255 e. The highest BCUT2D eigenvalue weighted by Gasteiger charge is 2.46. The monoisotopic (exact) mass is 666 g/mol. The summed E-state index contributed by atoms with van der Waals surface area (Å²) in [5.41, 5.74) is 5.91. The number of carbonyl (C=O) groups is 4. The lowest BCUT2D eigenvalue weighted by molar-refractivity contribution is -0.137. The highest BCUT2D eigenvalue weighted by molar-refractivity contribution is 6.05. The molecule has 2 N–H and O–H groups in total. The summed E-state index contributed by atoms with van der Waals surface area (Å²) in [5.74, 6) is 0.754. The van der Waals surface area contributed by atoms with E-state index in [4.69, 9.17) is 9.47 Å². The van der Waals surface area contributed by atoms with E-state index >= 15 is 0 Å². The molecule has 4 amide bonds. The average Bonchev–Trinajstić information content (AvgIpc) is 3.71. The van der Waals surface area contributed by atoms with E-state index in [2.05, 4.69) is 38.6 Å². The maximum atomic E-state index is 13.3. The van der Waals surface area contributed by atoms with Gasteiger partial charge in [0.1, 0.15) is 23.6 Å². The molecule has 3 unspecified atom stereocenters. The Hall–Kier alpha value is -4.84. The van der Waals surface area contributed by atoms with Crippen molar-refractivity contribution in [1.29, 1.82) is 0 Å². The third-order valence-corrected chi connectivity index (χ3v) is 11.4. The highest BCUT2D eigenvalue weighted by Crippen LogP contribution is 2.45. The number of nitrogens with zero attached hydrogens (tertiary/aromatic N) is 4. The van der Waals surface area contributed by atoms with Crippen molar-refractivity contribution in [3.8, 4) is 11.5 Å². The van der Waals surface area contributed by atoms with Crippen molar-refractivity contribution >= 4 is 34.9 Å². The predicted octanol–water partition coefficient (Wildman–Crippen LogP) is 2.48.